The molecular weight excluding hydrogens is 274 g/mol. The lowest BCUT2D eigenvalue weighted by molar-refractivity contribution is 0.312. The van der Waals surface area contributed by atoms with E-state index in [-0.39, 0.29) is 0 Å². The molecule has 0 atom stereocenters. The summed E-state index contributed by atoms with van der Waals surface area (Å²) in [5, 5.41) is 0. The van der Waals surface area contributed by atoms with Gasteiger partial charge in [0.1, 0.15) is 5.82 Å². The number of piperazine rings is 1. The summed E-state index contributed by atoms with van der Waals surface area (Å²) in [6, 6.07) is 10.6. The summed E-state index contributed by atoms with van der Waals surface area (Å²) in [7, 11) is 2.17. The average Bonchev–Trinajstić information content (AvgIpc) is 3.00. The minimum atomic E-state index is 0.821. The maximum Gasteiger partial charge on any atom is 0.231 e. The second kappa shape index (κ2) is 5.57. The zero-order valence-corrected chi connectivity index (χ0v) is 12.9. The third kappa shape index (κ3) is 2.41. The highest BCUT2D eigenvalue weighted by molar-refractivity contribution is 5.66. The summed E-state index contributed by atoms with van der Waals surface area (Å²) in [6.07, 6.45) is 2.95. The Morgan fingerprint density at radius 2 is 1.77 bits per heavy atom. The molecule has 0 amide bonds. The monoisotopic (exact) mass is 295 g/mol. The molecular formula is C17H21N5. The molecule has 0 saturated carbocycles. The molecule has 1 aromatic heterocycles. The Balaban J connectivity index is 1.60. The second-order valence-corrected chi connectivity index (χ2v) is 6.04. The highest BCUT2D eigenvalue weighted by atomic mass is 15.3. The summed E-state index contributed by atoms with van der Waals surface area (Å²) >= 11 is 0. The van der Waals surface area contributed by atoms with Crippen molar-refractivity contribution in [1.82, 2.24) is 14.9 Å². The smallest absolute Gasteiger partial charge is 0.231 e. The van der Waals surface area contributed by atoms with Crippen LogP contribution < -0.4 is 9.80 Å². The Labute approximate surface area is 131 Å². The van der Waals surface area contributed by atoms with E-state index in [4.69, 9.17) is 4.98 Å². The Bertz CT molecular complexity index is 664. The van der Waals surface area contributed by atoms with Crippen LogP contribution in [0.5, 0.6) is 0 Å². The molecule has 0 bridgehead atoms. The lowest BCUT2D eigenvalue weighted by atomic mass is 10.2. The highest BCUT2D eigenvalue weighted by Gasteiger charge is 2.23. The number of hydrogen-bond donors (Lipinski definition) is 0. The van der Waals surface area contributed by atoms with E-state index >= 15 is 0 Å². The zero-order valence-electron chi connectivity index (χ0n) is 12.9. The van der Waals surface area contributed by atoms with Gasteiger partial charge >= 0.3 is 0 Å². The Morgan fingerprint density at radius 3 is 2.64 bits per heavy atom. The fourth-order valence-corrected chi connectivity index (χ4v) is 3.23. The van der Waals surface area contributed by atoms with Gasteiger partial charge in [-0.05, 0) is 31.2 Å². The molecule has 1 aromatic carbocycles. The van der Waals surface area contributed by atoms with E-state index < -0.39 is 0 Å². The molecule has 114 valence electrons. The number of likely N-dealkylation sites (N-methyl/N-ethyl adjacent to an activating group) is 1. The van der Waals surface area contributed by atoms with E-state index in [0.29, 0.717) is 0 Å². The van der Waals surface area contributed by atoms with Gasteiger partial charge in [0.05, 0.1) is 0 Å². The predicted octanol–water partition coefficient (Wildman–Crippen LogP) is 1.92. The third-order valence-electron chi connectivity index (χ3n) is 4.58. The first-order valence-electron chi connectivity index (χ1n) is 7.93. The first-order valence-corrected chi connectivity index (χ1v) is 7.93. The van der Waals surface area contributed by atoms with Crippen molar-refractivity contribution in [2.24, 2.45) is 0 Å². The normalized spacial score (nSPS) is 18.6. The molecule has 2 aliphatic heterocycles. The van der Waals surface area contributed by atoms with Crippen molar-refractivity contribution < 1.29 is 0 Å². The molecule has 1 fully saturated rings. The van der Waals surface area contributed by atoms with Crippen LogP contribution in [0, 0.1) is 0 Å². The number of para-hydroxylation sites is 1. The molecule has 22 heavy (non-hydrogen) atoms. The van der Waals surface area contributed by atoms with E-state index in [0.717, 1.165) is 50.9 Å². The van der Waals surface area contributed by atoms with Crippen LogP contribution >= 0.6 is 0 Å². The summed E-state index contributed by atoms with van der Waals surface area (Å²) in [4.78, 5) is 16.3. The molecule has 4 rings (SSSR count). The van der Waals surface area contributed by atoms with Crippen LogP contribution in [0.25, 0.3) is 0 Å². The highest BCUT2D eigenvalue weighted by Crippen LogP contribution is 2.32. The topological polar surface area (TPSA) is 35.5 Å². The number of aromatic nitrogens is 2. The van der Waals surface area contributed by atoms with Crippen molar-refractivity contribution in [1.29, 1.82) is 0 Å². The number of rotatable bonds is 2. The fourth-order valence-electron chi connectivity index (χ4n) is 3.23. The first kappa shape index (κ1) is 13.5. The lowest BCUT2D eigenvalue weighted by Crippen LogP contribution is -2.44. The summed E-state index contributed by atoms with van der Waals surface area (Å²) in [6.45, 7) is 5.20. The standard InChI is InChI=1S/C17H21N5/c1-20-10-12-21(13-11-20)16-6-8-18-17(19-16)22-9-7-14-4-2-3-5-15(14)22/h2-6,8H,7,9-13H2,1H3. The molecule has 2 aliphatic rings. The van der Waals surface area contributed by atoms with Gasteiger partial charge in [-0.15, -0.1) is 0 Å². The lowest BCUT2D eigenvalue weighted by Gasteiger charge is -2.33. The van der Waals surface area contributed by atoms with E-state index in [1.807, 2.05) is 12.3 Å². The van der Waals surface area contributed by atoms with Crippen LogP contribution in [-0.2, 0) is 6.42 Å². The van der Waals surface area contributed by atoms with Gasteiger partial charge in [0.15, 0.2) is 0 Å². The fraction of sp³-hybridized carbons (Fsp3) is 0.412. The largest absolute Gasteiger partial charge is 0.354 e. The van der Waals surface area contributed by atoms with Crippen molar-refractivity contribution in [3.05, 3.63) is 42.1 Å². The second-order valence-electron chi connectivity index (χ2n) is 6.04. The van der Waals surface area contributed by atoms with Gasteiger partial charge in [0.25, 0.3) is 0 Å². The number of fused-ring (bicyclic) bond motifs is 1. The molecule has 3 heterocycles. The third-order valence-corrected chi connectivity index (χ3v) is 4.58. The van der Waals surface area contributed by atoms with E-state index in [2.05, 4.69) is 51.0 Å². The molecule has 0 aliphatic carbocycles. The molecule has 2 aromatic rings. The number of benzene rings is 1. The van der Waals surface area contributed by atoms with Crippen LogP contribution in [0.15, 0.2) is 36.5 Å². The van der Waals surface area contributed by atoms with Crippen molar-refractivity contribution in [2.75, 3.05) is 49.6 Å². The summed E-state index contributed by atoms with van der Waals surface area (Å²) in [5.74, 6) is 1.86. The Hall–Kier alpha value is -2.14. The quantitative estimate of drug-likeness (QED) is 0.846. The molecule has 5 nitrogen and oxygen atoms in total. The summed E-state index contributed by atoms with van der Waals surface area (Å²) in [5.41, 5.74) is 2.63. The van der Waals surface area contributed by atoms with Crippen molar-refractivity contribution in [3.8, 4) is 0 Å². The molecule has 0 spiro atoms. The van der Waals surface area contributed by atoms with Gasteiger partial charge in [-0.3, -0.25) is 0 Å². The molecule has 0 N–H and O–H groups in total. The minimum absolute atomic E-state index is 0.821. The number of anilines is 3. The van der Waals surface area contributed by atoms with Gasteiger partial charge in [0.2, 0.25) is 5.95 Å². The molecule has 5 heteroatoms. The average molecular weight is 295 g/mol. The van der Waals surface area contributed by atoms with Crippen LogP contribution in [0.1, 0.15) is 5.56 Å². The van der Waals surface area contributed by atoms with Gasteiger partial charge in [-0.1, -0.05) is 18.2 Å². The number of nitrogens with zero attached hydrogens (tertiary/aromatic N) is 5. The molecule has 1 saturated heterocycles. The summed E-state index contributed by atoms with van der Waals surface area (Å²) < 4.78 is 0. The Kier molecular flexibility index (Phi) is 3.42. The number of hydrogen-bond acceptors (Lipinski definition) is 5. The van der Waals surface area contributed by atoms with Gasteiger partial charge < -0.3 is 14.7 Å². The van der Waals surface area contributed by atoms with Crippen molar-refractivity contribution in [3.63, 3.8) is 0 Å². The molecule has 0 unspecified atom stereocenters. The van der Waals surface area contributed by atoms with Gasteiger partial charge in [0, 0.05) is 44.6 Å². The molecule has 0 radical (unpaired) electrons. The predicted molar refractivity (Wildman–Crippen MR) is 88.9 cm³/mol. The minimum Gasteiger partial charge on any atom is -0.354 e. The van der Waals surface area contributed by atoms with Crippen LogP contribution in [0.3, 0.4) is 0 Å². The zero-order chi connectivity index (χ0) is 14.9. The SMILES string of the molecule is CN1CCN(c2ccnc(N3CCc4ccccc43)n2)CC1. The maximum absolute atomic E-state index is 4.82. The van der Waals surface area contributed by atoms with Crippen LogP contribution in [0.2, 0.25) is 0 Å². The van der Waals surface area contributed by atoms with Gasteiger partial charge in [-0.25, -0.2) is 4.98 Å². The van der Waals surface area contributed by atoms with Gasteiger partial charge in [-0.2, -0.15) is 4.98 Å². The van der Waals surface area contributed by atoms with E-state index in [9.17, 15) is 0 Å². The van der Waals surface area contributed by atoms with Crippen molar-refractivity contribution in [2.45, 2.75) is 6.42 Å². The van der Waals surface area contributed by atoms with E-state index in [1.165, 1.54) is 11.3 Å². The van der Waals surface area contributed by atoms with Crippen LogP contribution in [0.4, 0.5) is 17.5 Å². The maximum atomic E-state index is 4.82. The Morgan fingerprint density at radius 1 is 0.955 bits per heavy atom. The first-order chi connectivity index (χ1) is 10.8. The van der Waals surface area contributed by atoms with E-state index in [1.54, 1.807) is 0 Å². The van der Waals surface area contributed by atoms with Crippen molar-refractivity contribution >= 4 is 17.5 Å². The van der Waals surface area contributed by atoms with Crippen LogP contribution in [-0.4, -0.2) is 54.6 Å².